The van der Waals surface area contributed by atoms with Gasteiger partial charge < -0.3 is 10.2 Å². The number of hydrogen-bond acceptors (Lipinski definition) is 3. The minimum atomic E-state index is -0.184. The molecule has 0 amide bonds. The summed E-state index contributed by atoms with van der Waals surface area (Å²) in [6.07, 6.45) is 1.07. The molecule has 1 heterocycles. The summed E-state index contributed by atoms with van der Waals surface area (Å²) >= 11 is 1.80. The Hall–Kier alpha value is -1.55. The van der Waals surface area contributed by atoms with E-state index in [1.165, 1.54) is 9.75 Å². The maximum Gasteiger partial charge on any atom is 0.148 e. The summed E-state index contributed by atoms with van der Waals surface area (Å²) < 4.78 is 14.2. The van der Waals surface area contributed by atoms with Crippen LogP contribution in [0.5, 0.6) is 0 Å². The first kappa shape index (κ1) is 15.8. The quantitative estimate of drug-likeness (QED) is 0.816. The lowest BCUT2D eigenvalue weighted by molar-refractivity contribution is 0.614. The Morgan fingerprint density at radius 3 is 2.48 bits per heavy atom. The van der Waals surface area contributed by atoms with Crippen LogP contribution in [0.4, 0.5) is 15.8 Å². The van der Waals surface area contributed by atoms with E-state index in [1.807, 2.05) is 37.9 Å². The SMILES string of the molecule is CCc1ccc(CNc2ccc(N(C)C(C)C)c(F)c2)s1. The maximum atomic E-state index is 14.2. The molecular formula is C17H23FN2S. The lowest BCUT2D eigenvalue weighted by Crippen LogP contribution is -2.26. The van der Waals surface area contributed by atoms with Crippen molar-refractivity contribution in [3.63, 3.8) is 0 Å². The molecule has 0 fully saturated rings. The van der Waals surface area contributed by atoms with E-state index in [0.29, 0.717) is 5.69 Å². The van der Waals surface area contributed by atoms with Gasteiger partial charge in [-0.05, 0) is 50.6 Å². The number of benzene rings is 1. The predicted octanol–water partition coefficient (Wildman–Crippen LogP) is 4.91. The number of anilines is 2. The molecule has 1 aromatic carbocycles. The van der Waals surface area contributed by atoms with Gasteiger partial charge in [0.2, 0.25) is 0 Å². The van der Waals surface area contributed by atoms with Crippen LogP contribution in [0.15, 0.2) is 30.3 Å². The van der Waals surface area contributed by atoms with Crippen molar-refractivity contribution in [3.05, 3.63) is 45.9 Å². The molecule has 1 aromatic heterocycles. The first-order valence-electron chi connectivity index (χ1n) is 7.35. The van der Waals surface area contributed by atoms with E-state index >= 15 is 0 Å². The average molecular weight is 306 g/mol. The van der Waals surface area contributed by atoms with Crippen molar-refractivity contribution in [1.29, 1.82) is 0 Å². The topological polar surface area (TPSA) is 15.3 Å². The second-order valence-electron chi connectivity index (χ2n) is 5.45. The molecule has 0 spiro atoms. The molecular weight excluding hydrogens is 283 g/mol. The third-order valence-corrected chi connectivity index (χ3v) is 4.86. The van der Waals surface area contributed by atoms with Crippen molar-refractivity contribution in [2.45, 2.75) is 39.8 Å². The molecule has 4 heteroatoms. The Labute approximate surface area is 130 Å². The van der Waals surface area contributed by atoms with Gasteiger partial charge in [0.15, 0.2) is 0 Å². The summed E-state index contributed by atoms with van der Waals surface area (Å²) in [5.74, 6) is -0.184. The van der Waals surface area contributed by atoms with Crippen LogP contribution >= 0.6 is 11.3 Å². The van der Waals surface area contributed by atoms with Gasteiger partial charge in [0.05, 0.1) is 5.69 Å². The van der Waals surface area contributed by atoms with Crippen LogP contribution in [0.1, 0.15) is 30.5 Å². The monoisotopic (exact) mass is 306 g/mol. The van der Waals surface area contributed by atoms with Crippen LogP contribution in [-0.2, 0) is 13.0 Å². The van der Waals surface area contributed by atoms with Gasteiger partial charge >= 0.3 is 0 Å². The van der Waals surface area contributed by atoms with Crippen LogP contribution in [0, 0.1) is 5.82 Å². The molecule has 0 atom stereocenters. The van der Waals surface area contributed by atoms with Crippen LogP contribution in [0.3, 0.4) is 0 Å². The van der Waals surface area contributed by atoms with Gasteiger partial charge in [-0.15, -0.1) is 11.3 Å². The highest BCUT2D eigenvalue weighted by Gasteiger charge is 2.11. The minimum absolute atomic E-state index is 0.184. The van der Waals surface area contributed by atoms with Gasteiger partial charge in [0.1, 0.15) is 5.82 Å². The standard InChI is InChI=1S/C17H23FN2S/c1-5-14-7-8-15(21-14)11-19-13-6-9-17(16(18)10-13)20(4)12(2)3/h6-10,12,19H,5,11H2,1-4H3. The van der Waals surface area contributed by atoms with Crippen molar-refractivity contribution in [2.24, 2.45) is 0 Å². The highest BCUT2D eigenvalue weighted by Crippen LogP contribution is 2.24. The van der Waals surface area contributed by atoms with Gasteiger partial charge in [0, 0.05) is 35.1 Å². The minimum Gasteiger partial charge on any atom is -0.380 e. The zero-order chi connectivity index (χ0) is 15.4. The highest BCUT2D eigenvalue weighted by atomic mass is 32.1. The predicted molar refractivity (Wildman–Crippen MR) is 91.0 cm³/mol. The summed E-state index contributed by atoms with van der Waals surface area (Å²) in [6, 6.07) is 9.91. The molecule has 0 saturated heterocycles. The van der Waals surface area contributed by atoms with Crippen molar-refractivity contribution >= 4 is 22.7 Å². The molecule has 0 aliphatic carbocycles. The smallest absolute Gasteiger partial charge is 0.148 e. The molecule has 0 aliphatic heterocycles. The fourth-order valence-electron chi connectivity index (χ4n) is 2.08. The molecule has 0 radical (unpaired) electrons. The number of nitrogens with one attached hydrogen (secondary N) is 1. The largest absolute Gasteiger partial charge is 0.380 e. The summed E-state index contributed by atoms with van der Waals surface area (Å²) in [5.41, 5.74) is 1.46. The van der Waals surface area contributed by atoms with E-state index in [-0.39, 0.29) is 11.9 Å². The fraction of sp³-hybridized carbons (Fsp3) is 0.412. The Morgan fingerprint density at radius 1 is 1.19 bits per heavy atom. The molecule has 0 saturated carbocycles. The highest BCUT2D eigenvalue weighted by molar-refractivity contribution is 7.12. The number of rotatable bonds is 6. The molecule has 2 aromatic rings. The normalized spacial score (nSPS) is 11.0. The van der Waals surface area contributed by atoms with E-state index in [0.717, 1.165) is 18.7 Å². The fourth-order valence-corrected chi connectivity index (χ4v) is 2.98. The molecule has 0 aliphatic rings. The van der Waals surface area contributed by atoms with Crippen LogP contribution in [0.25, 0.3) is 0 Å². The Kier molecular flexibility index (Phi) is 5.23. The van der Waals surface area contributed by atoms with E-state index < -0.39 is 0 Å². The molecule has 2 rings (SSSR count). The lowest BCUT2D eigenvalue weighted by atomic mass is 10.2. The first-order chi connectivity index (χ1) is 10.0. The zero-order valence-electron chi connectivity index (χ0n) is 13.1. The second kappa shape index (κ2) is 6.94. The van der Waals surface area contributed by atoms with Crippen molar-refractivity contribution in [1.82, 2.24) is 0 Å². The van der Waals surface area contributed by atoms with Gasteiger partial charge in [-0.25, -0.2) is 4.39 Å². The van der Waals surface area contributed by atoms with E-state index in [9.17, 15) is 4.39 Å². The Balaban J connectivity index is 2.03. The molecule has 114 valence electrons. The molecule has 0 bridgehead atoms. The van der Waals surface area contributed by atoms with Gasteiger partial charge in [-0.3, -0.25) is 0 Å². The number of nitrogens with zero attached hydrogens (tertiary/aromatic N) is 1. The third-order valence-electron chi connectivity index (χ3n) is 3.63. The Bertz CT molecular complexity index is 592. The second-order valence-corrected chi connectivity index (χ2v) is 6.70. The summed E-state index contributed by atoms with van der Waals surface area (Å²) in [5, 5.41) is 3.29. The van der Waals surface area contributed by atoms with E-state index in [4.69, 9.17) is 0 Å². The zero-order valence-corrected chi connectivity index (χ0v) is 13.9. The van der Waals surface area contributed by atoms with Crippen LogP contribution in [0.2, 0.25) is 0 Å². The molecule has 1 N–H and O–H groups in total. The number of halogens is 1. The maximum absolute atomic E-state index is 14.2. The van der Waals surface area contributed by atoms with Crippen LogP contribution < -0.4 is 10.2 Å². The van der Waals surface area contributed by atoms with Gasteiger partial charge in [-0.1, -0.05) is 6.92 Å². The van der Waals surface area contributed by atoms with Crippen LogP contribution in [-0.4, -0.2) is 13.1 Å². The molecule has 21 heavy (non-hydrogen) atoms. The third kappa shape index (κ3) is 3.97. The van der Waals surface area contributed by atoms with Crippen molar-refractivity contribution in [3.8, 4) is 0 Å². The Morgan fingerprint density at radius 2 is 1.90 bits per heavy atom. The number of aryl methyl sites for hydroxylation is 1. The summed E-state index contributed by atoms with van der Waals surface area (Å²) in [6.45, 7) is 6.99. The van der Waals surface area contributed by atoms with Crippen molar-refractivity contribution < 1.29 is 4.39 Å². The van der Waals surface area contributed by atoms with E-state index in [2.05, 4.69) is 24.4 Å². The van der Waals surface area contributed by atoms with Crippen molar-refractivity contribution in [2.75, 3.05) is 17.3 Å². The van der Waals surface area contributed by atoms with Gasteiger partial charge in [-0.2, -0.15) is 0 Å². The first-order valence-corrected chi connectivity index (χ1v) is 8.16. The summed E-state index contributed by atoms with van der Waals surface area (Å²) in [7, 11) is 1.91. The van der Waals surface area contributed by atoms with Gasteiger partial charge in [0.25, 0.3) is 0 Å². The number of hydrogen-bond donors (Lipinski definition) is 1. The average Bonchev–Trinajstić information content (AvgIpc) is 2.92. The number of thiophene rings is 1. The lowest BCUT2D eigenvalue weighted by Gasteiger charge is -2.24. The molecule has 2 nitrogen and oxygen atoms in total. The van der Waals surface area contributed by atoms with E-state index in [1.54, 1.807) is 17.4 Å². The molecule has 0 unspecified atom stereocenters. The summed E-state index contributed by atoms with van der Waals surface area (Å²) in [4.78, 5) is 4.59.